The van der Waals surface area contributed by atoms with Crippen LogP contribution < -0.4 is 10.6 Å². The van der Waals surface area contributed by atoms with Gasteiger partial charge in [0.2, 0.25) is 0 Å². The van der Waals surface area contributed by atoms with Crippen LogP contribution in [0.25, 0.3) is 0 Å². The summed E-state index contributed by atoms with van der Waals surface area (Å²) in [4.78, 5) is 10.6. The zero-order valence-corrected chi connectivity index (χ0v) is 18.5. The molecule has 1 fully saturated rings. The predicted octanol–water partition coefficient (Wildman–Crippen LogP) is 4.11. The first-order valence-corrected chi connectivity index (χ1v) is 10.1. The predicted molar refractivity (Wildman–Crippen MR) is 115 cm³/mol. The first-order valence-electron chi connectivity index (χ1n) is 8.21. The second-order valence-corrected chi connectivity index (χ2v) is 8.54. The molecule has 2 rings (SSSR count). The Bertz CT molecular complexity index is 485. The number of aryl methyl sites for hydroxylation is 2. The lowest BCUT2D eigenvalue weighted by Crippen LogP contribution is -2.42. The van der Waals surface area contributed by atoms with Crippen LogP contribution in [-0.4, -0.2) is 34.5 Å². The van der Waals surface area contributed by atoms with Gasteiger partial charge >= 0.3 is 0 Å². The number of aromatic nitrogens is 1. The van der Waals surface area contributed by atoms with Gasteiger partial charge < -0.3 is 10.6 Å². The van der Waals surface area contributed by atoms with Crippen molar-refractivity contribution in [1.29, 1.82) is 0 Å². The van der Waals surface area contributed by atoms with E-state index in [4.69, 9.17) is 4.99 Å². The molecular weight excluding hydrogens is 439 g/mol. The molecule has 2 atom stereocenters. The number of halogens is 1. The van der Waals surface area contributed by atoms with Crippen LogP contribution in [0, 0.1) is 13.8 Å². The molecule has 7 heteroatoms. The Kier molecular flexibility index (Phi) is 9.84. The van der Waals surface area contributed by atoms with Gasteiger partial charge in [-0.3, -0.25) is 0 Å². The van der Waals surface area contributed by atoms with Crippen LogP contribution in [0.5, 0.6) is 0 Å². The zero-order valence-electron chi connectivity index (χ0n) is 14.5. The van der Waals surface area contributed by atoms with Crippen molar-refractivity contribution in [3.8, 4) is 0 Å². The van der Waals surface area contributed by atoms with E-state index in [-0.39, 0.29) is 24.0 Å². The van der Waals surface area contributed by atoms with Crippen LogP contribution in [0.15, 0.2) is 4.99 Å². The Hall–Kier alpha value is -0.0200. The third-order valence-electron chi connectivity index (χ3n) is 3.92. The van der Waals surface area contributed by atoms with Crippen LogP contribution >= 0.6 is 47.1 Å². The summed E-state index contributed by atoms with van der Waals surface area (Å²) in [5, 5.41) is 8.87. The van der Waals surface area contributed by atoms with Crippen molar-refractivity contribution < 1.29 is 0 Å². The van der Waals surface area contributed by atoms with Gasteiger partial charge in [-0.25, -0.2) is 9.98 Å². The fraction of sp³-hybridized carbons (Fsp3) is 0.750. The molecule has 1 aliphatic carbocycles. The molecular formula is C16H29IN4S2. The van der Waals surface area contributed by atoms with E-state index in [9.17, 15) is 0 Å². The highest BCUT2D eigenvalue weighted by Gasteiger charge is 2.25. The lowest BCUT2D eigenvalue weighted by molar-refractivity contribution is 0.615. The molecule has 2 unspecified atom stereocenters. The van der Waals surface area contributed by atoms with Crippen LogP contribution in [0.2, 0.25) is 0 Å². The van der Waals surface area contributed by atoms with Crippen LogP contribution in [0.4, 0.5) is 0 Å². The Morgan fingerprint density at radius 2 is 2.13 bits per heavy atom. The van der Waals surface area contributed by atoms with Gasteiger partial charge in [-0.2, -0.15) is 11.8 Å². The third kappa shape index (κ3) is 6.78. The van der Waals surface area contributed by atoms with Gasteiger partial charge in [0.15, 0.2) is 5.96 Å². The van der Waals surface area contributed by atoms with Crippen LogP contribution in [0.1, 0.15) is 48.7 Å². The smallest absolute Gasteiger partial charge is 0.191 e. The molecule has 0 radical (unpaired) electrons. The molecule has 0 amide bonds. The maximum Gasteiger partial charge on any atom is 0.191 e. The van der Waals surface area contributed by atoms with E-state index in [1.165, 1.54) is 29.9 Å². The topological polar surface area (TPSA) is 49.3 Å². The average Bonchev–Trinajstić information content (AvgIpc) is 3.04. The summed E-state index contributed by atoms with van der Waals surface area (Å²) in [6.07, 6.45) is 3.82. The fourth-order valence-corrected chi connectivity index (χ4v) is 4.73. The molecule has 23 heavy (non-hydrogen) atoms. The van der Waals surface area contributed by atoms with Gasteiger partial charge in [0.05, 0.1) is 12.2 Å². The van der Waals surface area contributed by atoms with Crippen LogP contribution in [-0.2, 0) is 6.54 Å². The normalized spacial score (nSPS) is 21.1. The second kappa shape index (κ2) is 10.8. The number of aliphatic imine (C=N–C) groups is 1. The van der Waals surface area contributed by atoms with Crippen LogP contribution in [0.3, 0.4) is 0 Å². The summed E-state index contributed by atoms with van der Waals surface area (Å²) in [5.74, 6) is 2.15. The summed E-state index contributed by atoms with van der Waals surface area (Å²) in [7, 11) is 0. The summed E-state index contributed by atoms with van der Waals surface area (Å²) >= 11 is 3.84. The summed E-state index contributed by atoms with van der Waals surface area (Å²) in [5.41, 5.74) is 1.13. The van der Waals surface area contributed by atoms with Gasteiger partial charge in [-0.05, 0) is 45.8 Å². The molecule has 132 valence electrons. The Morgan fingerprint density at radius 3 is 2.74 bits per heavy atom. The van der Waals surface area contributed by atoms with Crippen molar-refractivity contribution in [2.24, 2.45) is 4.99 Å². The maximum atomic E-state index is 4.71. The number of hydrogen-bond acceptors (Lipinski definition) is 4. The number of thioether (sulfide) groups is 1. The average molecular weight is 468 g/mol. The van der Waals surface area contributed by atoms with E-state index in [0.29, 0.717) is 12.6 Å². The Balaban J connectivity index is 0.00000264. The molecule has 0 bridgehead atoms. The van der Waals surface area contributed by atoms with Crippen molar-refractivity contribution >= 4 is 53.0 Å². The second-order valence-electron chi connectivity index (χ2n) is 5.68. The van der Waals surface area contributed by atoms with Gasteiger partial charge in [-0.1, -0.05) is 6.92 Å². The zero-order chi connectivity index (χ0) is 15.9. The molecule has 4 nitrogen and oxygen atoms in total. The molecule has 1 saturated carbocycles. The highest BCUT2D eigenvalue weighted by Crippen LogP contribution is 2.29. The Labute approximate surface area is 165 Å². The summed E-state index contributed by atoms with van der Waals surface area (Å²) in [6.45, 7) is 10.1. The number of thiazole rings is 1. The lowest BCUT2D eigenvalue weighted by atomic mass is 10.2. The highest BCUT2D eigenvalue weighted by atomic mass is 127. The minimum atomic E-state index is 0. The molecule has 1 aromatic heterocycles. The molecule has 2 N–H and O–H groups in total. The summed E-state index contributed by atoms with van der Waals surface area (Å²) < 4.78 is 0. The molecule has 1 aromatic rings. The quantitative estimate of drug-likeness (QED) is 0.375. The lowest BCUT2D eigenvalue weighted by Gasteiger charge is -2.17. The van der Waals surface area contributed by atoms with Gasteiger partial charge in [0.1, 0.15) is 5.01 Å². The van der Waals surface area contributed by atoms with E-state index in [0.717, 1.165) is 28.5 Å². The fourth-order valence-electron chi connectivity index (χ4n) is 2.73. The highest BCUT2D eigenvalue weighted by molar-refractivity contribution is 14.0. The number of hydrogen-bond donors (Lipinski definition) is 2. The SMILES string of the molecule is CCNC(=NCc1nc(C)c(C)s1)NC1CCC(SCC)C1.I. The summed E-state index contributed by atoms with van der Waals surface area (Å²) in [6, 6.07) is 0.557. The van der Waals surface area contributed by atoms with Crippen molar-refractivity contribution in [1.82, 2.24) is 15.6 Å². The minimum Gasteiger partial charge on any atom is -0.357 e. The van der Waals surface area contributed by atoms with Crippen molar-refractivity contribution in [2.75, 3.05) is 12.3 Å². The molecule has 0 spiro atoms. The molecule has 0 aliphatic heterocycles. The van der Waals surface area contributed by atoms with Gasteiger partial charge in [-0.15, -0.1) is 35.3 Å². The molecule has 0 saturated heterocycles. The Morgan fingerprint density at radius 1 is 1.35 bits per heavy atom. The van der Waals surface area contributed by atoms with E-state index in [2.05, 4.69) is 55.1 Å². The monoisotopic (exact) mass is 468 g/mol. The first-order chi connectivity index (χ1) is 10.6. The van der Waals surface area contributed by atoms with Crippen molar-refractivity contribution in [3.63, 3.8) is 0 Å². The molecule has 1 heterocycles. The number of nitrogens with zero attached hydrogens (tertiary/aromatic N) is 2. The van der Waals surface area contributed by atoms with E-state index >= 15 is 0 Å². The van der Waals surface area contributed by atoms with Crippen molar-refractivity contribution in [2.45, 2.75) is 64.8 Å². The minimum absolute atomic E-state index is 0. The largest absolute Gasteiger partial charge is 0.357 e. The standard InChI is InChI=1S/C16H28N4S2.HI/c1-5-17-16(18-10-15-19-11(3)12(4)22-15)20-13-7-8-14(9-13)21-6-2;/h13-14H,5-10H2,1-4H3,(H2,17,18,20);1H. The molecule has 1 aliphatic rings. The van der Waals surface area contributed by atoms with Gasteiger partial charge in [0, 0.05) is 22.7 Å². The van der Waals surface area contributed by atoms with Gasteiger partial charge in [0.25, 0.3) is 0 Å². The number of rotatable bonds is 6. The molecule has 0 aromatic carbocycles. The number of nitrogens with one attached hydrogen (secondary N) is 2. The third-order valence-corrected chi connectivity index (χ3v) is 6.21. The first kappa shape index (κ1) is 21.0. The van der Waals surface area contributed by atoms with Crippen molar-refractivity contribution in [3.05, 3.63) is 15.6 Å². The van der Waals surface area contributed by atoms with E-state index in [1.807, 2.05) is 0 Å². The maximum absolute atomic E-state index is 4.71. The van der Waals surface area contributed by atoms with E-state index < -0.39 is 0 Å². The number of guanidine groups is 1. The van der Waals surface area contributed by atoms with E-state index in [1.54, 1.807) is 11.3 Å².